The summed E-state index contributed by atoms with van der Waals surface area (Å²) in [6.45, 7) is 5.32. The van der Waals surface area contributed by atoms with Gasteiger partial charge in [0.25, 0.3) is 5.91 Å². The third-order valence-corrected chi connectivity index (χ3v) is 5.28. The molecule has 3 N–H and O–H groups in total. The molecule has 3 aromatic rings. The van der Waals surface area contributed by atoms with Crippen molar-refractivity contribution >= 4 is 23.2 Å². The Morgan fingerprint density at radius 2 is 1.94 bits per heavy atom. The number of nitrogens with one attached hydrogen (secondary N) is 2. The number of halogens is 5. The van der Waals surface area contributed by atoms with Gasteiger partial charge in [-0.15, -0.1) is 0 Å². The summed E-state index contributed by atoms with van der Waals surface area (Å²) in [6, 6.07) is 3.11. The number of nitrogens with zero attached hydrogens (tertiary/aromatic N) is 3. The Kier molecular flexibility index (Phi) is 6.68. The maximum atomic E-state index is 15.1. The second-order valence-corrected chi connectivity index (χ2v) is 8.55. The monoisotopic (exact) mass is 503 g/mol. The maximum absolute atomic E-state index is 15.1. The van der Waals surface area contributed by atoms with E-state index in [9.17, 15) is 23.1 Å². The van der Waals surface area contributed by atoms with Crippen LogP contribution in [0.3, 0.4) is 0 Å². The molecule has 0 unspecified atom stereocenters. The van der Waals surface area contributed by atoms with Crippen LogP contribution in [0, 0.1) is 12.7 Å². The first-order valence-corrected chi connectivity index (χ1v) is 10.3. The van der Waals surface area contributed by atoms with Crippen molar-refractivity contribution in [3.8, 4) is 17.0 Å². The van der Waals surface area contributed by atoms with Crippen LogP contribution in [0.5, 0.6) is 5.75 Å². The van der Waals surface area contributed by atoms with Crippen molar-refractivity contribution in [1.82, 2.24) is 20.0 Å². The third-order valence-electron chi connectivity index (χ3n) is 5.00. The van der Waals surface area contributed by atoms with Crippen LogP contribution in [0.1, 0.15) is 42.5 Å². The maximum Gasteiger partial charge on any atom is 0.425 e. The van der Waals surface area contributed by atoms with Gasteiger partial charge in [-0.3, -0.25) is 14.6 Å². The van der Waals surface area contributed by atoms with Gasteiger partial charge in [0.2, 0.25) is 0 Å². The van der Waals surface area contributed by atoms with Gasteiger partial charge in [0, 0.05) is 12.6 Å². The highest BCUT2D eigenvalue weighted by Crippen LogP contribution is 2.35. The smallest absolute Gasteiger partial charge is 0.425 e. The Labute approximate surface area is 196 Å². The van der Waals surface area contributed by atoms with E-state index < -0.39 is 40.9 Å². The molecule has 0 aliphatic heterocycles. The molecule has 0 saturated heterocycles. The number of ether oxygens (including phenoxy) is 1. The van der Waals surface area contributed by atoms with Crippen LogP contribution in [0.25, 0.3) is 11.3 Å². The molecule has 1 amide bonds. The van der Waals surface area contributed by atoms with Crippen LogP contribution >= 0.6 is 11.6 Å². The molecule has 1 aromatic carbocycles. The van der Waals surface area contributed by atoms with E-state index in [2.05, 4.69) is 20.6 Å². The van der Waals surface area contributed by atoms with Crippen LogP contribution < -0.4 is 10.1 Å². The predicted molar refractivity (Wildman–Crippen MR) is 116 cm³/mol. The lowest BCUT2D eigenvalue weighted by atomic mass is 10.0. The summed E-state index contributed by atoms with van der Waals surface area (Å²) in [5.74, 6) is -2.42. The summed E-state index contributed by atoms with van der Waals surface area (Å²) in [6.07, 6.45) is -7.04. The number of H-pyrrole nitrogens is 1. The first-order valence-electron chi connectivity index (χ1n) is 9.95. The van der Waals surface area contributed by atoms with Crippen molar-refractivity contribution in [3.05, 3.63) is 46.1 Å². The number of hydrogen-bond acceptors (Lipinski definition) is 5. The lowest BCUT2D eigenvalue weighted by Crippen LogP contribution is -2.32. The number of rotatable bonds is 6. The quantitative estimate of drug-likeness (QED) is 0.422. The summed E-state index contributed by atoms with van der Waals surface area (Å²) in [7, 11) is 1.52. The summed E-state index contributed by atoms with van der Waals surface area (Å²) in [4.78, 5) is 12.9. The van der Waals surface area contributed by atoms with Crippen molar-refractivity contribution in [2.75, 3.05) is 5.32 Å². The average Bonchev–Trinajstić information content (AvgIpc) is 3.25. The van der Waals surface area contributed by atoms with E-state index in [4.69, 9.17) is 16.3 Å². The second-order valence-electron chi connectivity index (χ2n) is 8.20. The third kappa shape index (κ3) is 5.17. The number of amides is 1. The van der Waals surface area contributed by atoms with Gasteiger partial charge in [-0.05, 0) is 45.9 Å². The average molecular weight is 504 g/mol. The van der Waals surface area contributed by atoms with E-state index in [1.54, 1.807) is 6.92 Å². The Balaban J connectivity index is 2.11. The molecule has 3 rings (SSSR count). The van der Waals surface area contributed by atoms with Crippen molar-refractivity contribution in [2.24, 2.45) is 7.05 Å². The molecule has 184 valence electrons. The predicted octanol–water partition coefficient (Wildman–Crippen LogP) is 4.72. The van der Waals surface area contributed by atoms with Gasteiger partial charge >= 0.3 is 6.18 Å². The van der Waals surface area contributed by atoms with Crippen molar-refractivity contribution in [3.63, 3.8) is 0 Å². The number of aryl methyl sites for hydroxylation is 2. The van der Waals surface area contributed by atoms with Crippen LogP contribution in [-0.2, 0) is 12.6 Å². The number of anilines is 1. The largest absolute Gasteiger partial charge is 0.480 e. The molecule has 0 spiro atoms. The fourth-order valence-corrected chi connectivity index (χ4v) is 3.41. The van der Waals surface area contributed by atoms with E-state index in [-0.39, 0.29) is 22.1 Å². The van der Waals surface area contributed by atoms with Crippen LogP contribution in [0.2, 0.25) is 5.15 Å². The van der Waals surface area contributed by atoms with E-state index in [0.717, 1.165) is 19.1 Å². The number of carbonyl (C=O) groups is 1. The number of aromatic amines is 1. The van der Waals surface area contributed by atoms with E-state index in [1.807, 2.05) is 0 Å². The molecular formula is C21H22ClF4N5O3. The minimum absolute atomic E-state index is 0.0299. The van der Waals surface area contributed by atoms with Gasteiger partial charge in [0.15, 0.2) is 11.3 Å². The highest BCUT2D eigenvalue weighted by molar-refractivity contribution is 6.33. The molecule has 0 bridgehead atoms. The van der Waals surface area contributed by atoms with Crippen molar-refractivity contribution < 1.29 is 32.2 Å². The molecule has 0 fully saturated rings. The molecule has 0 aliphatic carbocycles. The Hall–Kier alpha value is -3.12. The fourth-order valence-electron chi connectivity index (χ4n) is 3.18. The molecule has 2 aromatic heterocycles. The van der Waals surface area contributed by atoms with Crippen molar-refractivity contribution in [1.29, 1.82) is 0 Å². The zero-order chi connectivity index (χ0) is 25.6. The summed E-state index contributed by atoms with van der Waals surface area (Å²) < 4.78 is 61.1. The Bertz CT molecular complexity index is 1210. The summed E-state index contributed by atoms with van der Waals surface area (Å²) in [5.41, 5.74) is -1.19. The van der Waals surface area contributed by atoms with Gasteiger partial charge in [0.05, 0.1) is 22.6 Å². The fraction of sp³-hybridized carbons (Fsp3) is 0.381. The standard InChI is InChI=1S/C21H22ClF4N5O3/c1-9-17(18(22)29-28-9)27-19(32)12-6-13(23)11(7-15(12)34-10(2)21(24,25)26)14-8-16(20(3,4)33)31(5)30-14/h6-8,10,33H,1-5H3,(H,27,32)(H,28,29)/t10-/m0/s1. The number of benzene rings is 1. The molecule has 13 heteroatoms. The number of hydrogen-bond donors (Lipinski definition) is 3. The zero-order valence-corrected chi connectivity index (χ0v) is 19.6. The number of aliphatic hydroxyl groups is 1. The molecule has 0 aliphatic rings. The first kappa shape index (κ1) is 25.5. The summed E-state index contributed by atoms with van der Waals surface area (Å²) >= 11 is 5.91. The molecule has 0 radical (unpaired) electrons. The molecule has 0 saturated carbocycles. The molecule has 8 nitrogen and oxygen atoms in total. The lowest BCUT2D eigenvalue weighted by molar-refractivity contribution is -0.189. The molecule has 2 heterocycles. The lowest BCUT2D eigenvalue weighted by Gasteiger charge is -2.20. The topological polar surface area (TPSA) is 105 Å². The summed E-state index contributed by atoms with van der Waals surface area (Å²) in [5, 5.41) is 23.0. The number of carbonyl (C=O) groups excluding carboxylic acids is 1. The van der Waals surface area contributed by atoms with Gasteiger partial charge in [-0.25, -0.2) is 4.39 Å². The number of alkyl halides is 3. The molecule has 1 atom stereocenters. The van der Waals surface area contributed by atoms with Crippen LogP contribution in [0.15, 0.2) is 18.2 Å². The van der Waals surface area contributed by atoms with Gasteiger partial charge in [-0.1, -0.05) is 11.6 Å². The second kappa shape index (κ2) is 8.91. The first-order chi connectivity index (χ1) is 15.6. The minimum Gasteiger partial charge on any atom is -0.480 e. The normalized spacial score (nSPS) is 13.1. The highest BCUT2D eigenvalue weighted by atomic mass is 35.5. The molecule has 34 heavy (non-hydrogen) atoms. The number of aromatic nitrogens is 4. The Morgan fingerprint density at radius 1 is 1.29 bits per heavy atom. The minimum atomic E-state index is -4.74. The highest BCUT2D eigenvalue weighted by Gasteiger charge is 2.39. The van der Waals surface area contributed by atoms with Crippen LogP contribution in [0.4, 0.5) is 23.2 Å². The SMILES string of the molecule is Cc1[nH]nc(Cl)c1NC(=O)c1cc(F)c(-c2cc(C(C)(C)O)n(C)n2)cc1O[C@@H](C)C(F)(F)F. The zero-order valence-electron chi connectivity index (χ0n) is 18.8. The van der Waals surface area contributed by atoms with Gasteiger partial charge < -0.3 is 15.2 Å². The Morgan fingerprint density at radius 3 is 2.44 bits per heavy atom. The van der Waals surface area contributed by atoms with E-state index >= 15 is 4.39 Å². The van der Waals surface area contributed by atoms with E-state index in [0.29, 0.717) is 11.4 Å². The van der Waals surface area contributed by atoms with Crippen LogP contribution in [-0.4, -0.2) is 43.3 Å². The van der Waals surface area contributed by atoms with Gasteiger partial charge in [-0.2, -0.15) is 23.4 Å². The molecular weight excluding hydrogens is 482 g/mol. The van der Waals surface area contributed by atoms with Gasteiger partial charge in [0.1, 0.15) is 22.9 Å². The van der Waals surface area contributed by atoms with Crippen molar-refractivity contribution in [2.45, 2.75) is 45.6 Å². The van der Waals surface area contributed by atoms with E-state index in [1.165, 1.54) is 31.6 Å².